The second kappa shape index (κ2) is 5.89. The molecule has 3 nitrogen and oxygen atoms in total. The van der Waals surface area contributed by atoms with Crippen molar-refractivity contribution < 1.29 is 14.3 Å². The molecule has 0 heterocycles. The van der Waals surface area contributed by atoms with Gasteiger partial charge in [0.1, 0.15) is 11.4 Å². The van der Waals surface area contributed by atoms with Gasteiger partial charge in [-0.1, -0.05) is 13.8 Å². The standard InChI is InChI=1S/C15H22O3/c1-11(2)10-17-13-8-6-12(7-9-13)14(16)18-15(3,4)5/h6-9,11H,10H2,1-5H3. The van der Waals surface area contributed by atoms with Gasteiger partial charge in [0.2, 0.25) is 0 Å². The molecule has 0 N–H and O–H groups in total. The van der Waals surface area contributed by atoms with E-state index >= 15 is 0 Å². The van der Waals surface area contributed by atoms with Gasteiger partial charge in [-0.25, -0.2) is 4.79 Å². The predicted octanol–water partition coefficient (Wildman–Crippen LogP) is 3.68. The number of hydrogen-bond acceptors (Lipinski definition) is 3. The fourth-order valence-corrected chi connectivity index (χ4v) is 1.29. The van der Waals surface area contributed by atoms with Crippen LogP contribution in [0.25, 0.3) is 0 Å². The van der Waals surface area contributed by atoms with E-state index in [0.717, 1.165) is 5.75 Å². The SMILES string of the molecule is CC(C)COc1ccc(C(=O)OC(C)(C)C)cc1. The molecule has 1 aromatic carbocycles. The van der Waals surface area contributed by atoms with E-state index < -0.39 is 5.60 Å². The van der Waals surface area contributed by atoms with Crippen molar-refractivity contribution in [2.24, 2.45) is 5.92 Å². The Bertz CT molecular complexity index is 385. The van der Waals surface area contributed by atoms with E-state index in [9.17, 15) is 4.79 Å². The van der Waals surface area contributed by atoms with Crippen LogP contribution in [0.5, 0.6) is 5.75 Å². The second-order valence-electron chi connectivity index (χ2n) is 5.73. The average Bonchev–Trinajstić information content (AvgIpc) is 2.24. The lowest BCUT2D eigenvalue weighted by Gasteiger charge is -2.19. The largest absolute Gasteiger partial charge is 0.493 e. The molecule has 0 saturated heterocycles. The Balaban J connectivity index is 2.62. The van der Waals surface area contributed by atoms with Crippen LogP contribution in [0.3, 0.4) is 0 Å². The highest BCUT2D eigenvalue weighted by Crippen LogP contribution is 2.16. The highest BCUT2D eigenvalue weighted by atomic mass is 16.6. The molecule has 0 amide bonds. The first-order chi connectivity index (χ1) is 8.28. The van der Waals surface area contributed by atoms with Crippen LogP contribution in [0.15, 0.2) is 24.3 Å². The Morgan fingerprint density at radius 3 is 2.17 bits per heavy atom. The van der Waals surface area contributed by atoms with E-state index in [1.807, 2.05) is 20.8 Å². The summed E-state index contributed by atoms with van der Waals surface area (Å²) in [6.45, 7) is 10.4. The molecule has 100 valence electrons. The fourth-order valence-electron chi connectivity index (χ4n) is 1.29. The van der Waals surface area contributed by atoms with Crippen LogP contribution in [0.4, 0.5) is 0 Å². The molecule has 1 rings (SSSR count). The van der Waals surface area contributed by atoms with Crippen molar-refractivity contribution in [2.75, 3.05) is 6.61 Å². The van der Waals surface area contributed by atoms with E-state index in [2.05, 4.69) is 13.8 Å². The van der Waals surface area contributed by atoms with E-state index in [-0.39, 0.29) is 5.97 Å². The summed E-state index contributed by atoms with van der Waals surface area (Å²) in [5.41, 5.74) is 0.0750. The molecule has 0 saturated carbocycles. The number of carbonyl (C=O) groups is 1. The molecule has 1 aromatic rings. The van der Waals surface area contributed by atoms with Crippen molar-refractivity contribution in [3.05, 3.63) is 29.8 Å². The first-order valence-corrected chi connectivity index (χ1v) is 6.24. The molecule has 0 atom stereocenters. The summed E-state index contributed by atoms with van der Waals surface area (Å²) < 4.78 is 10.8. The van der Waals surface area contributed by atoms with Gasteiger partial charge in [-0.05, 0) is 51.0 Å². The van der Waals surface area contributed by atoms with Crippen LogP contribution in [0, 0.1) is 5.92 Å². The maximum Gasteiger partial charge on any atom is 0.338 e. The molecule has 0 aromatic heterocycles. The molecule has 18 heavy (non-hydrogen) atoms. The van der Waals surface area contributed by atoms with Gasteiger partial charge in [-0.2, -0.15) is 0 Å². The molecule has 0 aliphatic carbocycles. The zero-order valence-corrected chi connectivity index (χ0v) is 11.8. The van der Waals surface area contributed by atoms with Crippen molar-refractivity contribution in [1.29, 1.82) is 0 Å². The van der Waals surface area contributed by atoms with Crippen LogP contribution in [-0.4, -0.2) is 18.2 Å². The number of carbonyl (C=O) groups excluding carboxylic acids is 1. The van der Waals surface area contributed by atoms with Gasteiger partial charge in [0.15, 0.2) is 0 Å². The molecule has 3 heteroatoms. The van der Waals surface area contributed by atoms with E-state index in [1.165, 1.54) is 0 Å². The molecule has 0 aliphatic rings. The summed E-state index contributed by atoms with van der Waals surface area (Å²) in [6, 6.07) is 7.04. The third kappa shape index (κ3) is 5.21. The highest BCUT2D eigenvalue weighted by molar-refractivity contribution is 5.89. The summed E-state index contributed by atoms with van der Waals surface area (Å²) in [4.78, 5) is 11.8. The Kier molecular flexibility index (Phi) is 4.76. The highest BCUT2D eigenvalue weighted by Gasteiger charge is 2.17. The van der Waals surface area contributed by atoms with Gasteiger partial charge in [-0.15, -0.1) is 0 Å². The molecule has 0 fully saturated rings. The molecule has 0 aliphatic heterocycles. The van der Waals surface area contributed by atoms with Crippen LogP contribution >= 0.6 is 0 Å². The smallest absolute Gasteiger partial charge is 0.338 e. The van der Waals surface area contributed by atoms with E-state index in [4.69, 9.17) is 9.47 Å². The number of ether oxygens (including phenoxy) is 2. The summed E-state index contributed by atoms with van der Waals surface area (Å²) in [7, 11) is 0. The van der Waals surface area contributed by atoms with Gasteiger partial charge in [0.05, 0.1) is 12.2 Å². The number of esters is 1. The monoisotopic (exact) mass is 250 g/mol. The molecule has 0 unspecified atom stereocenters. The molecular weight excluding hydrogens is 228 g/mol. The van der Waals surface area contributed by atoms with Crippen molar-refractivity contribution in [3.8, 4) is 5.75 Å². The zero-order chi connectivity index (χ0) is 13.8. The molecule has 0 bridgehead atoms. The van der Waals surface area contributed by atoms with Crippen LogP contribution in [0.1, 0.15) is 45.0 Å². The van der Waals surface area contributed by atoms with Gasteiger partial charge in [-0.3, -0.25) is 0 Å². The lowest BCUT2D eigenvalue weighted by atomic mass is 10.1. The summed E-state index contributed by atoms with van der Waals surface area (Å²) in [5, 5.41) is 0. The molecule has 0 spiro atoms. The Hall–Kier alpha value is -1.51. The third-order valence-corrected chi connectivity index (χ3v) is 2.07. The fraction of sp³-hybridized carbons (Fsp3) is 0.533. The van der Waals surface area contributed by atoms with Gasteiger partial charge < -0.3 is 9.47 Å². The first-order valence-electron chi connectivity index (χ1n) is 6.24. The quantitative estimate of drug-likeness (QED) is 0.765. The van der Waals surface area contributed by atoms with E-state index in [0.29, 0.717) is 18.1 Å². The normalized spacial score (nSPS) is 11.4. The van der Waals surface area contributed by atoms with Crippen LogP contribution in [0.2, 0.25) is 0 Å². The van der Waals surface area contributed by atoms with Crippen molar-refractivity contribution >= 4 is 5.97 Å². The summed E-state index contributed by atoms with van der Waals surface area (Å²) in [5.74, 6) is 0.949. The Morgan fingerprint density at radius 2 is 1.72 bits per heavy atom. The predicted molar refractivity (Wildman–Crippen MR) is 71.9 cm³/mol. The minimum atomic E-state index is -0.468. The third-order valence-electron chi connectivity index (χ3n) is 2.07. The summed E-state index contributed by atoms with van der Waals surface area (Å²) >= 11 is 0. The Labute approximate surface area is 109 Å². The minimum Gasteiger partial charge on any atom is -0.493 e. The molecule has 0 radical (unpaired) electrons. The topological polar surface area (TPSA) is 35.5 Å². The molecular formula is C15H22O3. The number of benzene rings is 1. The summed E-state index contributed by atoms with van der Waals surface area (Å²) in [6.07, 6.45) is 0. The lowest BCUT2D eigenvalue weighted by Crippen LogP contribution is -2.23. The average molecular weight is 250 g/mol. The van der Waals surface area contributed by atoms with Crippen molar-refractivity contribution in [2.45, 2.75) is 40.2 Å². The van der Waals surface area contributed by atoms with Gasteiger partial charge in [0.25, 0.3) is 0 Å². The van der Waals surface area contributed by atoms with Crippen LogP contribution in [-0.2, 0) is 4.74 Å². The van der Waals surface area contributed by atoms with Gasteiger partial charge >= 0.3 is 5.97 Å². The lowest BCUT2D eigenvalue weighted by molar-refractivity contribution is 0.00695. The maximum absolute atomic E-state index is 11.8. The number of hydrogen-bond donors (Lipinski definition) is 0. The zero-order valence-electron chi connectivity index (χ0n) is 11.8. The minimum absolute atomic E-state index is 0.307. The Morgan fingerprint density at radius 1 is 1.17 bits per heavy atom. The first kappa shape index (κ1) is 14.6. The second-order valence-corrected chi connectivity index (χ2v) is 5.73. The number of rotatable bonds is 4. The van der Waals surface area contributed by atoms with Gasteiger partial charge in [0, 0.05) is 0 Å². The van der Waals surface area contributed by atoms with Crippen LogP contribution < -0.4 is 4.74 Å². The van der Waals surface area contributed by atoms with Crippen molar-refractivity contribution in [3.63, 3.8) is 0 Å². The maximum atomic E-state index is 11.8. The van der Waals surface area contributed by atoms with E-state index in [1.54, 1.807) is 24.3 Å². The van der Waals surface area contributed by atoms with Crippen molar-refractivity contribution in [1.82, 2.24) is 0 Å².